The van der Waals surface area contributed by atoms with E-state index in [1.165, 1.54) is 0 Å². The predicted molar refractivity (Wildman–Crippen MR) is 71.3 cm³/mol. The summed E-state index contributed by atoms with van der Waals surface area (Å²) in [7, 11) is 0. The van der Waals surface area contributed by atoms with Crippen molar-refractivity contribution in [2.45, 2.75) is 32.7 Å². The molecule has 0 spiro atoms. The number of nitrogens with zero attached hydrogens (tertiary/aromatic N) is 2. The zero-order chi connectivity index (χ0) is 12.6. The van der Waals surface area contributed by atoms with Gasteiger partial charge in [0.25, 0.3) is 0 Å². The molecule has 2 aromatic rings. The molecule has 1 heterocycles. The Morgan fingerprint density at radius 3 is 2.78 bits per heavy atom. The van der Waals surface area contributed by atoms with E-state index in [2.05, 4.69) is 46.7 Å². The predicted octanol–water partition coefficient (Wildman–Crippen LogP) is 2.93. The molecule has 94 valence electrons. The number of H-pyrrole nitrogens is 1. The van der Waals surface area contributed by atoms with Crippen LogP contribution in [0.15, 0.2) is 30.3 Å². The minimum absolute atomic E-state index is 0.241. The number of hydrogen-bond acceptors (Lipinski definition) is 3. The van der Waals surface area contributed by atoms with Gasteiger partial charge >= 0.3 is 0 Å². The molecule has 1 unspecified atom stereocenters. The Morgan fingerprint density at radius 1 is 1.22 bits per heavy atom. The Hall–Kier alpha value is -1.84. The number of aromatic amines is 1. The summed E-state index contributed by atoms with van der Waals surface area (Å²) in [6.45, 7) is 4.56. The van der Waals surface area contributed by atoms with Crippen LogP contribution in [-0.2, 0) is 6.42 Å². The summed E-state index contributed by atoms with van der Waals surface area (Å²) in [5, 5.41) is 14.9. The molecular formula is C14H18N4. The van der Waals surface area contributed by atoms with E-state index in [1.807, 2.05) is 18.2 Å². The first-order chi connectivity index (χ1) is 8.64. The average Bonchev–Trinajstić information content (AvgIpc) is 2.76. The van der Waals surface area contributed by atoms with Gasteiger partial charge in [-0.25, -0.2) is 0 Å². The van der Waals surface area contributed by atoms with E-state index < -0.39 is 0 Å². The third-order valence-electron chi connectivity index (χ3n) is 3.50. The average molecular weight is 242 g/mol. The van der Waals surface area contributed by atoms with E-state index in [9.17, 15) is 0 Å². The summed E-state index contributed by atoms with van der Waals surface area (Å²) < 4.78 is 0. The molecule has 4 nitrogen and oxygen atoms in total. The third-order valence-corrected chi connectivity index (χ3v) is 3.50. The molecule has 4 heteroatoms. The summed E-state index contributed by atoms with van der Waals surface area (Å²) in [5.41, 5.74) is 3.56. The SMILES string of the molecule is CC1(C)Cc2n[nH]nc2C(Nc2ccccc2)C1. The lowest BCUT2D eigenvalue weighted by molar-refractivity contribution is 0.286. The summed E-state index contributed by atoms with van der Waals surface area (Å²) in [4.78, 5) is 0. The summed E-state index contributed by atoms with van der Waals surface area (Å²) in [6.07, 6.45) is 2.06. The zero-order valence-electron chi connectivity index (χ0n) is 10.8. The van der Waals surface area contributed by atoms with Gasteiger partial charge in [-0.2, -0.15) is 15.4 Å². The molecule has 0 saturated carbocycles. The molecule has 0 radical (unpaired) electrons. The standard InChI is InChI=1S/C14H18N4/c1-14(2)8-11(13-12(9-14)16-18-17-13)15-10-6-4-3-5-7-10/h3-7,11,15H,8-9H2,1-2H3,(H,16,17,18). The maximum absolute atomic E-state index is 4.30. The van der Waals surface area contributed by atoms with Crippen LogP contribution < -0.4 is 5.32 Å². The summed E-state index contributed by atoms with van der Waals surface area (Å²) in [6, 6.07) is 10.5. The van der Waals surface area contributed by atoms with Crippen molar-refractivity contribution in [1.29, 1.82) is 0 Å². The van der Waals surface area contributed by atoms with E-state index in [0.29, 0.717) is 0 Å². The first-order valence-electron chi connectivity index (χ1n) is 6.35. The van der Waals surface area contributed by atoms with E-state index in [4.69, 9.17) is 0 Å². The fourth-order valence-corrected chi connectivity index (χ4v) is 2.70. The lowest BCUT2D eigenvalue weighted by Crippen LogP contribution is -2.29. The van der Waals surface area contributed by atoms with Crippen molar-refractivity contribution in [1.82, 2.24) is 15.4 Å². The Morgan fingerprint density at radius 2 is 2.00 bits per heavy atom. The molecule has 3 rings (SSSR count). The number of hydrogen-bond donors (Lipinski definition) is 2. The number of aromatic nitrogens is 3. The number of para-hydroxylation sites is 1. The third kappa shape index (κ3) is 2.10. The van der Waals surface area contributed by atoms with Crippen molar-refractivity contribution < 1.29 is 0 Å². The van der Waals surface area contributed by atoms with Gasteiger partial charge in [-0.15, -0.1) is 0 Å². The molecule has 0 saturated heterocycles. The summed E-state index contributed by atoms with van der Waals surface area (Å²) in [5.74, 6) is 0. The van der Waals surface area contributed by atoms with E-state index >= 15 is 0 Å². The molecule has 1 atom stereocenters. The Balaban J connectivity index is 1.89. The van der Waals surface area contributed by atoms with Gasteiger partial charge in [-0.05, 0) is 30.4 Å². The van der Waals surface area contributed by atoms with Crippen molar-refractivity contribution in [3.05, 3.63) is 41.7 Å². The van der Waals surface area contributed by atoms with Gasteiger partial charge in [0.1, 0.15) is 5.69 Å². The van der Waals surface area contributed by atoms with Crippen LogP contribution in [0.1, 0.15) is 37.7 Å². The van der Waals surface area contributed by atoms with Crippen molar-refractivity contribution in [2.75, 3.05) is 5.32 Å². The number of rotatable bonds is 2. The Bertz CT molecular complexity index is 530. The largest absolute Gasteiger partial charge is 0.376 e. The molecule has 1 aromatic carbocycles. The molecule has 0 amide bonds. The molecule has 2 N–H and O–H groups in total. The second-order valence-electron chi connectivity index (χ2n) is 5.76. The minimum Gasteiger partial charge on any atom is -0.376 e. The maximum Gasteiger partial charge on any atom is 0.108 e. The molecule has 1 aliphatic rings. The smallest absolute Gasteiger partial charge is 0.108 e. The van der Waals surface area contributed by atoms with Gasteiger partial charge in [0.2, 0.25) is 0 Å². The molecule has 1 aliphatic carbocycles. The second kappa shape index (κ2) is 4.12. The maximum atomic E-state index is 4.30. The lowest BCUT2D eigenvalue weighted by Gasteiger charge is -2.34. The number of fused-ring (bicyclic) bond motifs is 1. The fourth-order valence-electron chi connectivity index (χ4n) is 2.70. The van der Waals surface area contributed by atoms with Crippen LogP contribution >= 0.6 is 0 Å². The highest BCUT2D eigenvalue weighted by atomic mass is 15.3. The highest BCUT2D eigenvalue weighted by Gasteiger charge is 2.34. The topological polar surface area (TPSA) is 53.6 Å². The van der Waals surface area contributed by atoms with Crippen LogP contribution in [0, 0.1) is 5.41 Å². The molecule has 0 fully saturated rings. The zero-order valence-corrected chi connectivity index (χ0v) is 10.8. The van der Waals surface area contributed by atoms with Crippen LogP contribution in [0.4, 0.5) is 5.69 Å². The molecule has 18 heavy (non-hydrogen) atoms. The van der Waals surface area contributed by atoms with Crippen molar-refractivity contribution in [2.24, 2.45) is 5.41 Å². The van der Waals surface area contributed by atoms with Gasteiger partial charge in [-0.1, -0.05) is 32.0 Å². The van der Waals surface area contributed by atoms with Gasteiger partial charge in [0.15, 0.2) is 0 Å². The Kier molecular flexibility index (Phi) is 2.58. The summed E-state index contributed by atoms with van der Waals surface area (Å²) >= 11 is 0. The first kappa shape index (κ1) is 11.3. The van der Waals surface area contributed by atoms with Gasteiger partial charge in [-0.3, -0.25) is 0 Å². The van der Waals surface area contributed by atoms with Gasteiger partial charge in [0.05, 0.1) is 11.7 Å². The Labute approximate surface area is 107 Å². The number of anilines is 1. The van der Waals surface area contributed by atoms with Crippen molar-refractivity contribution in [3.8, 4) is 0 Å². The van der Waals surface area contributed by atoms with Crippen LogP contribution in [0.5, 0.6) is 0 Å². The molecule has 1 aromatic heterocycles. The quantitative estimate of drug-likeness (QED) is 0.851. The van der Waals surface area contributed by atoms with Gasteiger partial charge < -0.3 is 5.32 Å². The van der Waals surface area contributed by atoms with Crippen LogP contribution in [0.25, 0.3) is 0 Å². The van der Waals surface area contributed by atoms with E-state index in [0.717, 1.165) is 29.9 Å². The minimum atomic E-state index is 0.241. The van der Waals surface area contributed by atoms with Crippen LogP contribution in [0.3, 0.4) is 0 Å². The normalized spacial score (nSPS) is 21.3. The van der Waals surface area contributed by atoms with Crippen molar-refractivity contribution in [3.63, 3.8) is 0 Å². The van der Waals surface area contributed by atoms with Crippen LogP contribution in [0.2, 0.25) is 0 Å². The number of nitrogens with one attached hydrogen (secondary N) is 2. The molecular weight excluding hydrogens is 224 g/mol. The number of benzene rings is 1. The van der Waals surface area contributed by atoms with Crippen molar-refractivity contribution >= 4 is 5.69 Å². The van der Waals surface area contributed by atoms with E-state index in [-0.39, 0.29) is 11.5 Å². The monoisotopic (exact) mass is 242 g/mol. The fraction of sp³-hybridized carbons (Fsp3) is 0.429. The first-order valence-corrected chi connectivity index (χ1v) is 6.35. The van der Waals surface area contributed by atoms with Gasteiger partial charge in [0, 0.05) is 5.69 Å². The van der Waals surface area contributed by atoms with E-state index in [1.54, 1.807) is 0 Å². The lowest BCUT2D eigenvalue weighted by atomic mass is 9.75. The highest BCUT2D eigenvalue weighted by molar-refractivity contribution is 5.45. The molecule has 0 bridgehead atoms. The molecule has 0 aliphatic heterocycles. The van der Waals surface area contributed by atoms with Crippen LogP contribution in [-0.4, -0.2) is 15.4 Å². The second-order valence-corrected chi connectivity index (χ2v) is 5.76. The highest BCUT2D eigenvalue weighted by Crippen LogP contribution is 2.40.